The summed E-state index contributed by atoms with van der Waals surface area (Å²) in [5, 5.41) is 12.5. The Balaban J connectivity index is 2.76. The molecule has 0 aromatic heterocycles. The van der Waals surface area contributed by atoms with Crippen molar-refractivity contribution in [3.63, 3.8) is 0 Å². The predicted octanol–water partition coefficient (Wildman–Crippen LogP) is 0.624. The highest BCUT2D eigenvalue weighted by Gasteiger charge is 2.40. The molecule has 2 N–H and O–H groups in total. The second-order valence-corrected chi connectivity index (χ2v) is 5.29. The van der Waals surface area contributed by atoms with Crippen LogP contribution < -0.4 is 5.32 Å². The Labute approximate surface area is 116 Å². The molecule has 0 spiro atoms. The van der Waals surface area contributed by atoms with E-state index in [1.54, 1.807) is 12.0 Å². The quantitative estimate of drug-likeness (QED) is 0.680. The van der Waals surface area contributed by atoms with E-state index in [4.69, 9.17) is 9.84 Å². The van der Waals surface area contributed by atoms with Gasteiger partial charge in [0.15, 0.2) is 0 Å². The van der Waals surface area contributed by atoms with Gasteiger partial charge in [-0.05, 0) is 32.4 Å². The largest absolute Gasteiger partial charge is 0.395 e. The number of aliphatic hydroxyl groups is 1. The second kappa shape index (κ2) is 8.51. The van der Waals surface area contributed by atoms with Gasteiger partial charge < -0.3 is 20.1 Å². The fraction of sp³-hybridized carbons (Fsp3) is 0.929. The van der Waals surface area contributed by atoms with Gasteiger partial charge in [0.2, 0.25) is 5.91 Å². The molecular weight excluding hydrogens is 244 g/mol. The van der Waals surface area contributed by atoms with E-state index >= 15 is 0 Å². The van der Waals surface area contributed by atoms with Crippen LogP contribution in [0.3, 0.4) is 0 Å². The summed E-state index contributed by atoms with van der Waals surface area (Å²) in [6.45, 7) is 5.44. The molecule has 5 nitrogen and oxygen atoms in total. The minimum absolute atomic E-state index is 0.00983. The van der Waals surface area contributed by atoms with Crippen LogP contribution in [-0.2, 0) is 9.53 Å². The maximum atomic E-state index is 12.8. The smallest absolute Gasteiger partial charge is 0.229 e. The van der Waals surface area contributed by atoms with Crippen molar-refractivity contribution in [2.24, 2.45) is 5.41 Å². The van der Waals surface area contributed by atoms with Crippen LogP contribution in [0.1, 0.15) is 32.6 Å². The van der Waals surface area contributed by atoms with Gasteiger partial charge in [0.05, 0.1) is 18.6 Å². The molecule has 0 saturated carbocycles. The summed E-state index contributed by atoms with van der Waals surface area (Å²) in [6.07, 6.45) is 3.74. The molecule has 0 unspecified atom stereocenters. The van der Waals surface area contributed by atoms with Gasteiger partial charge in [-0.2, -0.15) is 0 Å². The number of aliphatic hydroxyl groups excluding tert-OH is 1. The normalized spacial score (nSPS) is 18.3. The van der Waals surface area contributed by atoms with E-state index in [1.165, 1.54) is 0 Å². The number of carbonyl (C=O) groups is 1. The number of carbonyl (C=O) groups excluding carboxylic acids is 1. The molecule has 0 aliphatic carbocycles. The highest BCUT2D eigenvalue weighted by molar-refractivity contribution is 5.83. The maximum absolute atomic E-state index is 12.8. The zero-order chi connectivity index (χ0) is 14.1. The van der Waals surface area contributed by atoms with Crippen LogP contribution >= 0.6 is 0 Å². The molecular formula is C14H28N2O3. The van der Waals surface area contributed by atoms with Gasteiger partial charge in [-0.1, -0.05) is 13.3 Å². The Morgan fingerprint density at radius 3 is 2.58 bits per heavy atom. The summed E-state index contributed by atoms with van der Waals surface area (Å²) in [7, 11) is 1.63. The molecule has 0 bridgehead atoms. The van der Waals surface area contributed by atoms with Crippen LogP contribution in [0, 0.1) is 5.41 Å². The van der Waals surface area contributed by atoms with Gasteiger partial charge in [-0.3, -0.25) is 4.79 Å². The first-order valence-corrected chi connectivity index (χ1v) is 7.30. The molecule has 0 radical (unpaired) electrons. The van der Waals surface area contributed by atoms with Crippen molar-refractivity contribution in [1.82, 2.24) is 10.2 Å². The summed E-state index contributed by atoms with van der Waals surface area (Å²) in [4.78, 5) is 14.6. The van der Waals surface area contributed by atoms with Gasteiger partial charge in [0.1, 0.15) is 0 Å². The number of rotatable bonds is 8. The van der Waals surface area contributed by atoms with Crippen molar-refractivity contribution < 1.29 is 14.6 Å². The highest BCUT2D eigenvalue weighted by Crippen LogP contribution is 2.36. The lowest BCUT2D eigenvalue weighted by atomic mass is 9.74. The van der Waals surface area contributed by atoms with Crippen LogP contribution in [0.25, 0.3) is 0 Å². The third-order valence-corrected chi connectivity index (χ3v) is 3.97. The lowest BCUT2D eigenvalue weighted by molar-refractivity contribution is -0.145. The minimum Gasteiger partial charge on any atom is -0.395 e. The molecule has 1 aliphatic rings. The van der Waals surface area contributed by atoms with Crippen molar-refractivity contribution in [3.8, 4) is 0 Å². The fourth-order valence-corrected chi connectivity index (χ4v) is 2.93. The molecule has 0 aromatic rings. The van der Waals surface area contributed by atoms with Crippen molar-refractivity contribution in [3.05, 3.63) is 0 Å². The van der Waals surface area contributed by atoms with E-state index in [-0.39, 0.29) is 17.9 Å². The first-order chi connectivity index (χ1) is 9.20. The van der Waals surface area contributed by atoms with E-state index in [0.717, 1.165) is 38.8 Å². The number of hydrogen-bond donors (Lipinski definition) is 2. The van der Waals surface area contributed by atoms with Crippen LogP contribution in [0.15, 0.2) is 0 Å². The first kappa shape index (κ1) is 16.4. The molecule has 1 saturated heterocycles. The van der Waals surface area contributed by atoms with Gasteiger partial charge in [0.25, 0.3) is 0 Å². The van der Waals surface area contributed by atoms with Crippen LogP contribution in [0.2, 0.25) is 0 Å². The number of amides is 1. The molecule has 5 heteroatoms. The van der Waals surface area contributed by atoms with Gasteiger partial charge in [-0.25, -0.2) is 0 Å². The molecule has 0 aromatic carbocycles. The molecule has 19 heavy (non-hydrogen) atoms. The average molecular weight is 272 g/mol. The standard InChI is InChI=1S/C14H28N2O3/c1-3-4-14(5-7-15-8-6-14)13(18)16(9-11-17)10-12-19-2/h15,17H,3-12H2,1-2H3. The van der Waals surface area contributed by atoms with E-state index in [2.05, 4.69) is 12.2 Å². The molecule has 1 rings (SSSR count). The Hall–Kier alpha value is -0.650. The SMILES string of the molecule is CCCC1(C(=O)N(CCO)CCOC)CCNCC1. The summed E-state index contributed by atoms with van der Waals surface area (Å²) in [5.74, 6) is 0.196. The molecule has 112 valence electrons. The molecule has 1 amide bonds. The minimum atomic E-state index is -0.233. The van der Waals surface area contributed by atoms with Gasteiger partial charge >= 0.3 is 0 Å². The lowest BCUT2D eigenvalue weighted by Crippen LogP contribution is -2.50. The highest BCUT2D eigenvalue weighted by atomic mass is 16.5. The monoisotopic (exact) mass is 272 g/mol. The van der Waals surface area contributed by atoms with Crippen molar-refractivity contribution in [1.29, 1.82) is 0 Å². The maximum Gasteiger partial charge on any atom is 0.229 e. The summed E-state index contributed by atoms with van der Waals surface area (Å²) < 4.78 is 5.06. The number of nitrogens with one attached hydrogen (secondary N) is 1. The number of methoxy groups -OCH3 is 1. The number of nitrogens with zero attached hydrogens (tertiary/aromatic N) is 1. The Bertz CT molecular complexity index is 260. The average Bonchev–Trinajstić information content (AvgIpc) is 2.44. The first-order valence-electron chi connectivity index (χ1n) is 7.30. The summed E-state index contributed by atoms with van der Waals surface area (Å²) >= 11 is 0. The Morgan fingerprint density at radius 2 is 2.05 bits per heavy atom. The zero-order valence-corrected chi connectivity index (χ0v) is 12.3. The molecule has 1 fully saturated rings. The van der Waals surface area contributed by atoms with Crippen molar-refractivity contribution >= 4 is 5.91 Å². The van der Waals surface area contributed by atoms with E-state index in [0.29, 0.717) is 19.7 Å². The fourth-order valence-electron chi connectivity index (χ4n) is 2.93. The van der Waals surface area contributed by atoms with Crippen LogP contribution in [0.4, 0.5) is 0 Å². The third kappa shape index (κ3) is 4.44. The molecule has 0 atom stereocenters. The summed E-state index contributed by atoms with van der Waals surface area (Å²) in [6, 6.07) is 0. The lowest BCUT2D eigenvalue weighted by Gasteiger charge is -2.40. The van der Waals surface area contributed by atoms with Crippen molar-refractivity contribution in [2.45, 2.75) is 32.6 Å². The Kier molecular flexibility index (Phi) is 7.34. The predicted molar refractivity (Wildman–Crippen MR) is 75.0 cm³/mol. The van der Waals surface area contributed by atoms with Crippen LogP contribution in [0.5, 0.6) is 0 Å². The van der Waals surface area contributed by atoms with Gasteiger partial charge in [0, 0.05) is 20.2 Å². The molecule has 1 aliphatic heterocycles. The van der Waals surface area contributed by atoms with E-state index in [1.807, 2.05) is 0 Å². The van der Waals surface area contributed by atoms with Gasteiger partial charge in [-0.15, -0.1) is 0 Å². The summed E-state index contributed by atoms with van der Waals surface area (Å²) in [5.41, 5.74) is -0.233. The van der Waals surface area contributed by atoms with Crippen molar-refractivity contribution in [2.75, 3.05) is 46.5 Å². The second-order valence-electron chi connectivity index (χ2n) is 5.29. The topological polar surface area (TPSA) is 61.8 Å². The van der Waals surface area contributed by atoms with E-state index in [9.17, 15) is 4.79 Å². The number of hydrogen-bond acceptors (Lipinski definition) is 4. The molecule has 1 heterocycles. The zero-order valence-electron chi connectivity index (χ0n) is 12.3. The van der Waals surface area contributed by atoms with Crippen LogP contribution in [-0.4, -0.2) is 62.4 Å². The Morgan fingerprint density at radius 1 is 1.37 bits per heavy atom. The number of piperidine rings is 1. The van der Waals surface area contributed by atoms with E-state index < -0.39 is 0 Å². The third-order valence-electron chi connectivity index (χ3n) is 3.97. The number of ether oxygens (including phenoxy) is 1.